The van der Waals surface area contributed by atoms with E-state index < -0.39 is 35.9 Å². The Hall–Kier alpha value is -15.4. The SMILES string of the molecule is C=CCOC(=O)C(=Cc1ccccc1)c1ccc(OCC=C)cc1.C=CCOC(=O)C(c1ccc(OCC=C)cc1)C(O)c1ccccc1.C=CCOC(=O)Cc1ccc(OCC=C)cc1.CN(C)CCOc1ccc(CC(=O)C(=Cc2ccccc2)c2ccc(O)cc2)cc1.O=C(O)C(=Cc1ccccc1)c1ccc(O)cc1.O=C(O)Cc1ccc(O)cc1. The van der Waals surface area contributed by atoms with Crippen molar-refractivity contribution in [1.29, 1.82) is 0 Å². The fourth-order valence-electron chi connectivity index (χ4n) is 11.2. The van der Waals surface area contributed by atoms with E-state index in [1.165, 1.54) is 30.3 Å². The van der Waals surface area contributed by atoms with Crippen LogP contribution in [0.15, 0.2) is 367 Å². The molecule has 125 heavy (non-hydrogen) atoms. The zero-order valence-corrected chi connectivity index (χ0v) is 70.0. The number of carbonyl (C=O) groups is 6. The molecular weight excluding hydrogens is 1580 g/mol. The molecule has 11 aromatic rings. The van der Waals surface area contributed by atoms with Gasteiger partial charge in [0.15, 0.2) is 5.78 Å². The number of ether oxygens (including phenoxy) is 7. The number of hydrogen-bond acceptors (Lipinski definition) is 18. The van der Waals surface area contributed by atoms with E-state index in [-0.39, 0.29) is 73.7 Å². The van der Waals surface area contributed by atoms with Gasteiger partial charge in [-0.2, -0.15) is 0 Å². The van der Waals surface area contributed by atoms with Crippen LogP contribution in [0, 0.1) is 0 Å². The number of allylic oxidation sites excluding steroid dienone is 1. The van der Waals surface area contributed by atoms with Crippen molar-refractivity contribution in [2.45, 2.75) is 31.3 Å². The van der Waals surface area contributed by atoms with Gasteiger partial charge in [0.05, 0.1) is 30.1 Å². The number of carboxylic acids is 2. The molecule has 6 N–H and O–H groups in total. The lowest BCUT2D eigenvalue weighted by molar-refractivity contribution is -0.147. The Kier molecular flexibility index (Phi) is 44.3. The summed E-state index contributed by atoms with van der Waals surface area (Å²) in [6.07, 6.45) is 14.5. The van der Waals surface area contributed by atoms with Gasteiger partial charge in [-0.15, -0.1) is 0 Å². The number of rotatable bonds is 38. The number of aromatic hydroxyl groups is 3. The molecule has 0 radical (unpaired) electrons. The zero-order valence-electron chi connectivity index (χ0n) is 70.0. The maximum atomic E-state index is 13.2. The van der Waals surface area contributed by atoms with Gasteiger partial charge in [-0.25, -0.2) is 9.59 Å². The fourth-order valence-corrected chi connectivity index (χ4v) is 11.2. The van der Waals surface area contributed by atoms with E-state index in [0.29, 0.717) is 65.6 Å². The summed E-state index contributed by atoms with van der Waals surface area (Å²) in [5.41, 5.74) is 9.92. The van der Waals surface area contributed by atoms with Crippen molar-refractivity contribution in [3.63, 3.8) is 0 Å². The van der Waals surface area contributed by atoms with Crippen LogP contribution >= 0.6 is 0 Å². The van der Waals surface area contributed by atoms with Gasteiger partial charge in [-0.3, -0.25) is 19.2 Å². The molecule has 2 unspecified atom stereocenters. The molecule has 0 aliphatic rings. The summed E-state index contributed by atoms with van der Waals surface area (Å²) in [6.45, 7) is 24.7. The summed E-state index contributed by atoms with van der Waals surface area (Å²) in [4.78, 5) is 72.9. The molecule has 0 aliphatic heterocycles. The second-order valence-corrected chi connectivity index (χ2v) is 27.3. The van der Waals surface area contributed by atoms with E-state index in [4.69, 9.17) is 43.4 Å². The summed E-state index contributed by atoms with van der Waals surface area (Å²) in [7, 11) is 4.01. The van der Waals surface area contributed by atoms with Crippen molar-refractivity contribution < 1.29 is 92.6 Å². The summed E-state index contributed by atoms with van der Waals surface area (Å²) in [6, 6.07) is 85.9. The Morgan fingerprint density at radius 1 is 0.352 bits per heavy atom. The second-order valence-electron chi connectivity index (χ2n) is 27.3. The van der Waals surface area contributed by atoms with Crippen molar-refractivity contribution in [3.05, 3.63) is 428 Å². The van der Waals surface area contributed by atoms with Gasteiger partial charge in [-0.05, 0) is 178 Å². The van der Waals surface area contributed by atoms with E-state index in [1.54, 1.807) is 121 Å². The molecule has 0 saturated heterocycles. The quantitative estimate of drug-likeness (QED) is 0.00689. The van der Waals surface area contributed by atoms with Crippen LogP contribution in [0.4, 0.5) is 0 Å². The van der Waals surface area contributed by atoms with Gasteiger partial charge in [-0.1, -0.05) is 282 Å². The number of aliphatic hydroxyl groups is 1. The van der Waals surface area contributed by atoms with Crippen LogP contribution in [0.3, 0.4) is 0 Å². The number of aliphatic carboxylic acids is 2. The standard InChI is InChI=1S/C26H27NO3.C21H22O4.C21H20O3.C15H12O3.C14H16O3.C8H8O3/c1-27(2)16-17-30-24-14-8-21(9-15-24)19-26(29)25(18-20-6-4-3-5-7-20)22-10-12-23(28)13-11-22;1-3-14-24-18-12-10-16(11-13-18)19(21(23)25-15-4-2)20(22)17-8-6-5-7-9-17;1-3-14-23-19-12-10-18(11-13-19)20(21(22)24-15-4-2)16-17-8-6-5-7-9-17;16-13-8-6-12(7-9-13)14(15(17)18)10-11-4-2-1-3-5-11;1-3-9-16-13-7-5-12(6-8-13)11-14(15)17-10-4-2;9-7-3-1-6(2-4-7)5-8(10)11/h3-15,18,28H,16-17,19H2,1-2H3;3-13,19-20,22H,1-2,14-15H2;3-13,16H,1-2,14-15H2;1-10,16H,(H,17,18);3-8H,1-2,9-11H2;1-4,9H,5H2,(H,10,11). The van der Waals surface area contributed by atoms with Gasteiger partial charge in [0.1, 0.15) is 92.4 Å². The van der Waals surface area contributed by atoms with Gasteiger partial charge in [0, 0.05) is 18.5 Å². The van der Waals surface area contributed by atoms with E-state index >= 15 is 0 Å². The lowest BCUT2D eigenvalue weighted by Crippen LogP contribution is -2.23. The molecule has 20 heteroatoms. The number of likely N-dealkylation sites (N-methyl/N-ethyl adjacent to an activating group) is 1. The third-order valence-corrected chi connectivity index (χ3v) is 17.4. The highest BCUT2D eigenvalue weighted by Gasteiger charge is 2.31. The summed E-state index contributed by atoms with van der Waals surface area (Å²) >= 11 is 0. The van der Waals surface area contributed by atoms with Gasteiger partial charge in [0.2, 0.25) is 0 Å². The van der Waals surface area contributed by atoms with Gasteiger partial charge >= 0.3 is 29.8 Å². The monoisotopic (exact) mass is 1680 g/mol. The molecule has 0 fully saturated rings. The molecule has 0 amide bonds. The van der Waals surface area contributed by atoms with E-state index in [2.05, 4.69) is 44.4 Å². The Morgan fingerprint density at radius 2 is 0.688 bits per heavy atom. The second kappa shape index (κ2) is 56.2. The van der Waals surface area contributed by atoms with Crippen LogP contribution in [0.25, 0.3) is 34.9 Å². The predicted octanol–water partition coefficient (Wildman–Crippen LogP) is 19.6. The molecule has 0 aliphatic carbocycles. The summed E-state index contributed by atoms with van der Waals surface area (Å²) in [5, 5.41) is 56.0. The summed E-state index contributed by atoms with van der Waals surface area (Å²) < 4.78 is 37.2. The Labute approximate surface area is 730 Å². The zero-order chi connectivity index (χ0) is 90.4. The number of phenolic OH excluding ortho intramolecular Hbond substituents is 3. The molecule has 0 bridgehead atoms. The molecule has 11 rings (SSSR count). The first-order valence-electron chi connectivity index (χ1n) is 39.6. The minimum Gasteiger partial charge on any atom is -0.508 e. The Balaban J connectivity index is 0.000000237. The number of Topliss-reactive ketones (excluding diaryl/α,β-unsaturated/α-hetero) is 1. The highest BCUT2D eigenvalue weighted by Crippen LogP contribution is 2.34. The number of carbonyl (C=O) groups excluding carboxylic acids is 4. The van der Waals surface area contributed by atoms with Gasteiger partial charge in [0.25, 0.3) is 0 Å². The van der Waals surface area contributed by atoms with Crippen molar-refractivity contribution in [1.82, 2.24) is 4.90 Å². The number of esters is 3. The van der Waals surface area contributed by atoms with E-state index in [0.717, 1.165) is 62.7 Å². The molecule has 0 aromatic heterocycles. The number of benzene rings is 11. The molecular formula is C105H105NO19. The number of ketones is 1. The number of hydrogen-bond donors (Lipinski definition) is 6. The maximum absolute atomic E-state index is 13.2. The smallest absolute Gasteiger partial charge is 0.339 e. The van der Waals surface area contributed by atoms with Crippen LogP contribution in [0.2, 0.25) is 0 Å². The van der Waals surface area contributed by atoms with Crippen LogP contribution in [-0.4, -0.2) is 138 Å². The van der Waals surface area contributed by atoms with Crippen molar-refractivity contribution >= 4 is 70.6 Å². The average molecular weight is 1680 g/mol. The first-order chi connectivity index (χ1) is 60.5. The third-order valence-electron chi connectivity index (χ3n) is 17.4. The number of phenols is 3. The number of carboxylic acid groups (broad SMARTS) is 2. The normalized spacial score (nSPS) is 11.1. The Bertz CT molecular complexity index is 5250. The van der Waals surface area contributed by atoms with E-state index in [1.807, 2.05) is 208 Å². The number of aliphatic hydroxyl groups excluding tert-OH is 1. The molecule has 644 valence electrons. The van der Waals surface area contributed by atoms with Crippen molar-refractivity contribution in [2.24, 2.45) is 0 Å². The lowest BCUT2D eigenvalue weighted by atomic mass is 9.89. The average Bonchev–Trinajstić information content (AvgIpc) is 0.830. The van der Waals surface area contributed by atoms with Crippen molar-refractivity contribution in [2.75, 3.05) is 66.9 Å². The highest BCUT2D eigenvalue weighted by molar-refractivity contribution is 6.26. The molecule has 0 heterocycles. The molecule has 20 nitrogen and oxygen atoms in total. The predicted molar refractivity (Wildman–Crippen MR) is 493 cm³/mol. The lowest BCUT2D eigenvalue weighted by Gasteiger charge is -2.22. The first-order valence-corrected chi connectivity index (χ1v) is 39.6. The van der Waals surface area contributed by atoms with E-state index in [9.17, 15) is 49.2 Å². The Morgan fingerprint density at radius 3 is 1.11 bits per heavy atom. The molecule has 2 atom stereocenters. The fraction of sp³-hybridized carbons (Fsp3) is 0.143. The van der Waals surface area contributed by atoms with Crippen molar-refractivity contribution in [3.8, 4) is 40.2 Å². The van der Waals surface area contributed by atoms with Crippen LogP contribution in [0.1, 0.15) is 73.2 Å². The largest absolute Gasteiger partial charge is 0.508 e. The minimum atomic E-state index is -1.02. The summed E-state index contributed by atoms with van der Waals surface area (Å²) in [5.74, 6) is -0.452. The number of nitrogens with zero attached hydrogens (tertiary/aromatic N) is 1. The highest BCUT2D eigenvalue weighted by atomic mass is 16.5. The molecule has 0 spiro atoms. The third kappa shape index (κ3) is 37.8. The molecule has 0 saturated carbocycles. The maximum Gasteiger partial charge on any atom is 0.339 e. The first kappa shape index (κ1) is 98.4. The van der Waals surface area contributed by atoms with Crippen LogP contribution in [-0.2, 0) is 62.2 Å². The minimum absolute atomic E-state index is 0.000278. The van der Waals surface area contributed by atoms with Crippen LogP contribution < -0.4 is 18.9 Å². The topological polar surface area (TPSA) is 292 Å². The molecule has 11 aromatic carbocycles. The van der Waals surface area contributed by atoms with Gasteiger partial charge < -0.3 is 68.7 Å². The van der Waals surface area contributed by atoms with Crippen LogP contribution in [0.5, 0.6) is 40.2 Å².